The molecule has 0 atom stereocenters. The Labute approximate surface area is 173 Å². The van der Waals surface area contributed by atoms with Crippen LogP contribution >= 0.6 is 27.7 Å². The Hall–Kier alpha value is -1.15. The van der Waals surface area contributed by atoms with Crippen molar-refractivity contribution < 1.29 is 18.0 Å². The summed E-state index contributed by atoms with van der Waals surface area (Å²) >= 11 is 5.00. The van der Waals surface area contributed by atoms with Gasteiger partial charge in [-0.2, -0.15) is 13.2 Å². The first-order chi connectivity index (χ1) is 12.5. The molecule has 0 saturated carbocycles. The number of nitrogens with one attached hydrogen (secondary N) is 1. The zero-order valence-corrected chi connectivity index (χ0v) is 19.0. The van der Waals surface area contributed by atoms with Crippen molar-refractivity contribution >= 4 is 33.6 Å². The molecule has 154 valence electrons. The van der Waals surface area contributed by atoms with Gasteiger partial charge in [0.2, 0.25) is 0 Å². The molecule has 0 aliphatic rings. The van der Waals surface area contributed by atoms with Crippen LogP contribution in [0.3, 0.4) is 0 Å². The Morgan fingerprint density at radius 1 is 1.26 bits per heavy atom. The molecule has 27 heavy (non-hydrogen) atoms. The van der Waals surface area contributed by atoms with Gasteiger partial charge in [-0.25, -0.2) is 0 Å². The van der Waals surface area contributed by atoms with Gasteiger partial charge in [-0.15, -0.1) is 0 Å². The van der Waals surface area contributed by atoms with Crippen LogP contribution in [0.15, 0.2) is 43.8 Å². The summed E-state index contributed by atoms with van der Waals surface area (Å²) in [7, 11) is 3.08. The van der Waals surface area contributed by atoms with Crippen molar-refractivity contribution in [3.05, 3.63) is 43.8 Å². The van der Waals surface area contributed by atoms with Crippen molar-refractivity contribution in [2.24, 2.45) is 0 Å². The third-order valence-corrected chi connectivity index (χ3v) is 5.92. The van der Waals surface area contributed by atoms with Crippen molar-refractivity contribution in [2.75, 3.05) is 20.6 Å². The topological polar surface area (TPSA) is 32.3 Å². The molecule has 0 aliphatic carbocycles. The molecule has 8 heteroatoms. The quantitative estimate of drug-likeness (QED) is 0.326. The maximum atomic E-state index is 13.1. The Balaban J connectivity index is 5.36. The number of halogens is 4. The highest BCUT2D eigenvalue weighted by molar-refractivity contribution is 9.14. The molecular formula is C19H28BrF3N2OS. The molecule has 0 saturated heterocycles. The Kier molecular flexibility index (Phi) is 11.8. The highest BCUT2D eigenvalue weighted by atomic mass is 79.9. The van der Waals surface area contributed by atoms with E-state index in [1.54, 1.807) is 21.0 Å². The van der Waals surface area contributed by atoms with Crippen LogP contribution in [-0.2, 0) is 4.79 Å². The number of carbonyl (C=O) groups is 1. The zero-order chi connectivity index (χ0) is 21.2. The van der Waals surface area contributed by atoms with E-state index in [9.17, 15) is 18.0 Å². The number of thioether (sulfide) groups is 1. The second-order valence-electron chi connectivity index (χ2n) is 5.94. The molecule has 0 heterocycles. The number of hydrogen-bond donors (Lipinski definition) is 1. The van der Waals surface area contributed by atoms with Gasteiger partial charge in [0.1, 0.15) is 5.70 Å². The monoisotopic (exact) mass is 468 g/mol. The molecule has 0 radical (unpaired) electrons. The lowest BCUT2D eigenvalue weighted by Crippen LogP contribution is -2.33. The minimum atomic E-state index is -4.50. The van der Waals surface area contributed by atoms with Gasteiger partial charge < -0.3 is 10.2 Å². The highest BCUT2D eigenvalue weighted by Gasteiger charge is 2.32. The smallest absolute Gasteiger partial charge is 0.373 e. The minimum Gasteiger partial charge on any atom is -0.373 e. The molecule has 0 unspecified atom stereocenters. The van der Waals surface area contributed by atoms with Crippen LogP contribution in [0.5, 0.6) is 0 Å². The largest absolute Gasteiger partial charge is 0.416 e. The SMILES string of the molecule is C/C=C(/CNC(=O)/C(=C/C(=C\CC)C(F)(F)F)N(C)C)SC(Br)=C(C)CC. The van der Waals surface area contributed by atoms with Crippen LogP contribution in [0.2, 0.25) is 0 Å². The molecule has 1 N–H and O–H groups in total. The highest BCUT2D eigenvalue weighted by Crippen LogP contribution is 2.33. The summed E-state index contributed by atoms with van der Waals surface area (Å²) in [6, 6.07) is 0. The average molecular weight is 469 g/mol. The van der Waals surface area contributed by atoms with Crippen molar-refractivity contribution in [1.29, 1.82) is 0 Å². The summed E-state index contributed by atoms with van der Waals surface area (Å²) in [6.07, 6.45) is 0.442. The van der Waals surface area contributed by atoms with Gasteiger partial charge in [0, 0.05) is 25.5 Å². The first-order valence-corrected chi connectivity index (χ1v) is 10.2. The summed E-state index contributed by atoms with van der Waals surface area (Å²) < 4.78 is 40.4. The second kappa shape index (κ2) is 12.3. The standard InChI is InChI=1S/C19H28BrF3N2OS/c1-7-10-14(19(21,22)23)11-16(25(5)6)18(26)24-12-15(9-3)27-17(20)13(4)8-2/h9-11H,7-8,12H2,1-6H3,(H,24,26)/b14-10+,15-9-,16-11-,17-13?. The van der Waals surface area contributed by atoms with E-state index < -0.39 is 17.7 Å². The lowest BCUT2D eigenvalue weighted by atomic mass is 10.1. The summed E-state index contributed by atoms with van der Waals surface area (Å²) in [5, 5.41) is 2.70. The summed E-state index contributed by atoms with van der Waals surface area (Å²) in [5.41, 5.74) is 0.305. The summed E-state index contributed by atoms with van der Waals surface area (Å²) in [6.45, 7) is 7.76. The number of alkyl halides is 3. The van der Waals surface area contributed by atoms with E-state index in [2.05, 4.69) is 21.2 Å². The van der Waals surface area contributed by atoms with Gasteiger partial charge >= 0.3 is 6.18 Å². The number of amides is 1. The van der Waals surface area contributed by atoms with Crippen molar-refractivity contribution in [1.82, 2.24) is 10.2 Å². The summed E-state index contributed by atoms with van der Waals surface area (Å²) in [5.74, 6) is -0.557. The number of carbonyl (C=O) groups excluding carboxylic acids is 1. The first kappa shape index (κ1) is 25.9. The number of hydrogen-bond acceptors (Lipinski definition) is 3. The fourth-order valence-electron chi connectivity index (χ4n) is 1.82. The van der Waals surface area contributed by atoms with E-state index in [0.29, 0.717) is 0 Å². The van der Waals surface area contributed by atoms with E-state index in [1.165, 1.54) is 22.2 Å². The molecular weight excluding hydrogens is 441 g/mol. The molecule has 0 aromatic heterocycles. The molecule has 0 aromatic rings. The lowest BCUT2D eigenvalue weighted by Gasteiger charge is -2.19. The van der Waals surface area contributed by atoms with Crippen LogP contribution in [-0.4, -0.2) is 37.6 Å². The molecule has 0 aliphatic heterocycles. The Morgan fingerprint density at radius 2 is 1.85 bits per heavy atom. The van der Waals surface area contributed by atoms with Gasteiger partial charge in [0.25, 0.3) is 5.91 Å². The lowest BCUT2D eigenvalue weighted by molar-refractivity contribution is -0.118. The van der Waals surface area contributed by atoms with E-state index >= 15 is 0 Å². The van der Waals surface area contributed by atoms with Gasteiger partial charge in [0.05, 0.1) is 9.39 Å². The van der Waals surface area contributed by atoms with E-state index in [1.807, 2.05) is 26.8 Å². The molecule has 0 rings (SSSR count). The fraction of sp³-hybridized carbons (Fsp3) is 0.526. The fourth-order valence-corrected chi connectivity index (χ4v) is 3.53. The average Bonchev–Trinajstić information content (AvgIpc) is 2.59. The van der Waals surface area contributed by atoms with Gasteiger partial charge in [-0.3, -0.25) is 4.79 Å². The molecule has 0 aromatic carbocycles. The predicted molar refractivity (Wildman–Crippen MR) is 112 cm³/mol. The van der Waals surface area contributed by atoms with Crippen molar-refractivity contribution in [3.63, 3.8) is 0 Å². The molecule has 3 nitrogen and oxygen atoms in total. The number of likely N-dealkylation sites (N-methyl/N-ethyl adjacent to an activating group) is 1. The number of rotatable bonds is 9. The minimum absolute atomic E-state index is 0.0492. The van der Waals surface area contributed by atoms with Gasteiger partial charge in [-0.05, 0) is 48.7 Å². The maximum absolute atomic E-state index is 13.1. The third kappa shape index (κ3) is 9.55. The maximum Gasteiger partial charge on any atom is 0.416 e. The van der Waals surface area contributed by atoms with Gasteiger partial charge in [-0.1, -0.05) is 43.3 Å². The predicted octanol–water partition coefficient (Wildman–Crippen LogP) is 6.12. The normalized spacial score (nSPS) is 14.8. The molecule has 0 bridgehead atoms. The summed E-state index contributed by atoms with van der Waals surface area (Å²) in [4.78, 5) is 14.7. The van der Waals surface area contributed by atoms with Crippen molar-refractivity contribution in [2.45, 2.75) is 46.7 Å². The van der Waals surface area contributed by atoms with Crippen LogP contribution < -0.4 is 5.32 Å². The zero-order valence-electron chi connectivity index (χ0n) is 16.6. The van der Waals surface area contributed by atoms with Gasteiger partial charge in [0.15, 0.2) is 0 Å². The molecule has 0 fully saturated rings. The van der Waals surface area contributed by atoms with Crippen molar-refractivity contribution in [3.8, 4) is 0 Å². The van der Waals surface area contributed by atoms with Crippen LogP contribution in [0.25, 0.3) is 0 Å². The van der Waals surface area contributed by atoms with Crippen LogP contribution in [0.4, 0.5) is 13.2 Å². The Morgan fingerprint density at radius 3 is 2.26 bits per heavy atom. The van der Waals surface area contributed by atoms with E-state index in [4.69, 9.17) is 0 Å². The van der Waals surface area contributed by atoms with Crippen LogP contribution in [0.1, 0.15) is 40.5 Å². The molecule has 0 spiro atoms. The second-order valence-corrected chi connectivity index (χ2v) is 8.39. The molecule has 1 amide bonds. The van der Waals surface area contributed by atoms with E-state index in [-0.39, 0.29) is 18.7 Å². The van der Waals surface area contributed by atoms with Crippen LogP contribution in [0, 0.1) is 0 Å². The third-order valence-electron chi connectivity index (χ3n) is 3.59. The number of nitrogens with zero attached hydrogens (tertiary/aromatic N) is 1. The first-order valence-electron chi connectivity index (χ1n) is 8.60. The Bertz CT molecular complexity index is 635. The number of allylic oxidation sites excluding steroid dienone is 5. The van der Waals surface area contributed by atoms with E-state index in [0.717, 1.165) is 27.3 Å².